The minimum atomic E-state index is -0.305. The summed E-state index contributed by atoms with van der Waals surface area (Å²) < 4.78 is 0. The smallest absolute Gasteiger partial charge is 0.284 e. The molecule has 5 heteroatoms. The van der Waals surface area contributed by atoms with E-state index in [1.165, 1.54) is 0 Å². The van der Waals surface area contributed by atoms with Crippen LogP contribution >= 0.6 is 23.4 Å². The molecule has 2 aromatic carbocycles. The predicted octanol–water partition coefficient (Wildman–Crippen LogP) is 4.45. The number of rotatable bonds is 1. The lowest BCUT2D eigenvalue weighted by atomic mass is 10.0. The molecule has 4 rings (SSSR count). The summed E-state index contributed by atoms with van der Waals surface area (Å²) >= 11 is 7.05. The number of hydrogen-bond donors (Lipinski definition) is 1. The first-order valence-electron chi connectivity index (χ1n) is 6.76. The highest BCUT2D eigenvalue weighted by atomic mass is 35.5. The van der Waals surface area contributed by atoms with Crippen LogP contribution in [0.4, 0.5) is 4.79 Å². The van der Waals surface area contributed by atoms with Crippen LogP contribution in [0.2, 0.25) is 5.02 Å². The van der Waals surface area contributed by atoms with E-state index >= 15 is 0 Å². The fourth-order valence-corrected chi connectivity index (χ4v) is 3.99. The zero-order valence-electron chi connectivity index (χ0n) is 11.3. The number of benzene rings is 2. The summed E-state index contributed by atoms with van der Waals surface area (Å²) in [5, 5.41) is 3.01. The first-order chi connectivity index (χ1) is 10.6. The maximum absolute atomic E-state index is 12.7. The third kappa shape index (κ3) is 1.99. The lowest BCUT2D eigenvalue weighted by Gasteiger charge is -2.23. The Morgan fingerprint density at radius 1 is 0.955 bits per heavy atom. The third-order valence-corrected chi connectivity index (χ3v) is 5.15. The maximum Gasteiger partial charge on any atom is 0.284 e. The molecule has 3 nitrogen and oxygen atoms in total. The molecule has 1 aliphatic heterocycles. The van der Waals surface area contributed by atoms with Crippen molar-refractivity contribution in [2.45, 2.75) is 5.25 Å². The summed E-state index contributed by atoms with van der Waals surface area (Å²) in [6, 6.07) is 14.6. The monoisotopic (exact) mass is 327 g/mol. The molecule has 0 radical (unpaired) electrons. The Hall–Kier alpha value is -2.04. The van der Waals surface area contributed by atoms with Crippen molar-refractivity contribution in [2.24, 2.45) is 0 Å². The van der Waals surface area contributed by atoms with Crippen molar-refractivity contribution >= 4 is 40.1 Å². The number of thioether (sulfide) groups is 1. The van der Waals surface area contributed by atoms with Gasteiger partial charge in [0, 0.05) is 21.7 Å². The summed E-state index contributed by atoms with van der Waals surface area (Å²) in [6.07, 6.45) is 0. The normalized spacial score (nSPS) is 19.8. The van der Waals surface area contributed by atoms with Gasteiger partial charge >= 0.3 is 0 Å². The molecule has 2 aliphatic rings. The average Bonchev–Trinajstić information content (AvgIpc) is 2.81. The summed E-state index contributed by atoms with van der Waals surface area (Å²) in [4.78, 5) is 24.8. The van der Waals surface area contributed by atoms with Gasteiger partial charge in [-0.3, -0.25) is 9.59 Å². The quantitative estimate of drug-likeness (QED) is 0.842. The molecule has 0 fully saturated rings. The van der Waals surface area contributed by atoms with Crippen molar-refractivity contribution in [1.82, 2.24) is 5.32 Å². The number of carbonyl (C=O) groups is 2. The first kappa shape index (κ1) is 13.6. The molecule has 1 heterocycles. The van der Waals surface area contributed by atoms with Gasteiger partial charge in [0.25, 0.3) is 5.24 Å². The van der Waals surface area contributed by atoms with E-state index in [1.807, 2.05) is 30.3 Å². The average molecular weight is 328 g/mol. The SMILES string of the molecule is O=C1NC2=C(C(=O)c3ccccc32)[C@H](c2ccc(Cl)cc2)S1. The molecule has 2 aromatic rings. The van der Waals surface area contributed by atoms with Crippen LogP contribution in [0.1, 0.15) is 26.7 Å². The van der Waals surface area contributed by atoms with Crippen molar-refractivity contribution in [2.75, 3.05) is 0 Å². The van der Waals surface area contributed by atoms with Crippen molar-refractivity contribution in [3.05, 3.63) is 75.8 Å². The highest BCUT2D eigenvalue weighted by Gasteiger charge is 2.40. The second-order valence-electron chi connectivity index (χ2n) is 5.13. The molecule has 0 aromatic heterocycles. The number of nitrogens with one attached hydrogen (secondary N) is 1. The third-order valence-electron chi connectivity index (χ3n) is 3.84. The molecule has 0 saturated carbocycles. The van der Waals surface area contributed by atoms with Crippen LogP contribution in [0, 0.1) is 0 Å². The molecule has 1 atom stereocenters. The fraction of sp³-hybridized carbons (Fsp3) is 0.0588. The second kappa shape index (κ2) is 5.00. The minimum absolute atomic E-state index is 0.0157. The van der Waals surface area contributed by atoms with Crippen LogP contribution in [-0.2, 0) is 0 Å². The molecule has 1 aliphatic carbocycles. The molecule has 1 amide bonds. The van der Waals surface area contributed by atoms with Crippen LogP contribution in [0.15, 0.2) is 54.1 Å². The molecule has 0 spiro atoms. The van der Waals surface area contributed by atoms with Gasteiger partial charge in [-0.05, 0) is 17.7 Å². The van der Waals surface area contributed by atoms with Crippen molar-refractivity contribution in [3.8, 4) is 0 Å². The Bertz CT molecular complexity index is 842. The summed E-state index contributed by atoms with van der Waals surface area (Å²) in [5.41, 5.74) is 3.64. The zero-order valence-corrected chi connectivity index (χ0v) is 12.9. The molecule has 0 unspecified atom stereocenters. The Kier molecular flexibility index (Phi) is 3.10. The Morgan fingerprint density at radius 3 is 2.36 bits per heavy atom. The van der Waals surface area contributed by atoms with E-state index in [1.54, 1.807) is 18.2 Å². The van der Waals surface area contributed by atoms with Gasteiger partial charge in [0.05, 0.1) is 10.9 Å². The van der Waals surface area contributed by atoms with Crippen LogP contribution in [0.3, 0.4) is 0 Å². The summed E-state index contributed by atoms with van der Waals surface area (Å²) in [5.74, 6) is -0.0157. The second-order valence-corrected chi connectivity index (χ2v) is 6.64. The predicted molar refractivity (Wildman–Crippen MR) is 88.0 cm³/mol. The molecular formula is C17H10ClNO2S. The van der Waals surface area contributed by atoms with Crippen molar-refractivity contribution in [1.29, 1.82) is 0 Å². The number of halogens is 1. The molecule has 22 heavy (non-hydrogen) atoms. The maximum atomic E-state index is 12.7. The van der Waals surface area contributed by atoms with E-state index in [-0.39, 0.29) is 16.3 Å². The topological polar surface area (TPSA) is 46.2 Å². The summed E-state index contributed by atoms with van der Waals surface area (Å²) in [6.45, 7) is 0. The minimum Gasteiger partial charge on any atom is -0.316 e. The largest absolute Gasteiger partial charge is 0.316 e. The van der Waals surface area contributed by atoms with Gasteiger partial charge in [-0.15, -0.1) is 0 Å². The Labute approximate surface area is 136 Å². The zero-order chi connectivity index (χ0) is 15.3. The highest BCUT2D eigenvalue weighted by molar-refractivity contribution is 8.14. The number of Topliss-reactive ketones (excluding diaryl/α,β-unsaturated/α-hetero) is 1. The van der Waals surface area contributed by atoms with Crippen LogP contribution in [0.25, 0.3) is 5.70 Å². The molecule has 0 saturated heterocycles. The molecule has 0 bridgehead atoms. The molecule has 108 valence electrons. The van der Waals surface area contributed by atoms with Crippen LogP contribution in [-0.4, -0.2) is 11.0 Å². The van der Waals surface area contributed by atoms with Crippen molar-refractivity contribution < 1.29 is 9.59 Å². The fourth-order valence-electron chi connectivity index (χ4n) is 2.86. The Morgan fingerprint density at radius 2 is 1.64 bits per heavy atom. The van der Waals surface area contributed by atoms with E-state index in [9.17, 15) is 9.59 Å². The van der Waals surface area contributed by atoms with E-state index in [4.69, 9.17) is 11.6 Å². The number of hydrogen-bond acceptors (Lipinski definition) is 3. The Balaban J connectivity index is 1.88. The highest BCUT2D eigenvalue weighted by Crippen LogP contribution is 2.48. The van der Waals surface area contributed by atoms with Gasteiger partial charge in [0.1, 0.15) is 0 Å². The van der Waals surface area contributed by atoms with Gasteiger partial charge in [0.15, 0.2) is 5.78 Å². The van der Waals surface area contributed by atoms with E-state index in [0.29, 0.717) is 21.9 Å². The van der Waals surface area contributed by atoms with Crippen LogP contribution in [0.5, 0.6) is 0 Å². The van der Waals surface area contributed by atoms with Gasteiger partial charge in [-0.1, -0.05) is 59.8 Å². The van der Waals surface area contributed by atoms with E-state index < -0.39 is 0 Å². The molecular weight excluding hydrogens is 318 g/mol. The number of ketones is 1. The van der Waals surface area contributed by atoms with Gasteiger partial charge in [-0.2, -0.15) is 0 Å². The van der Waals surface area contributed by atoms with Gasteiger partial charge in [0.2, 0.25) is 0 Å². The van der Waals surface area contributed by atoms with E-state index in [0.717, 1.165) is 22.9 Å². The van der Waals surface area contributed by atoms with Gasteiger partial charge in [-0.25, -0.2) is 0 Å². The molecule has 1 N–H and O–H groups in total. The number of carbonyl (C=O) groups excluding carboxylic acids is 2. The van der Waals surface area contributed by atoms with Gasteiger partial charge < -0.3 is 5.32 Å². The standard InChI is InChI=1S/C17H10ClNO2S/c18-10-7-5-9(6-8-10)16-13-14(19-17(21)22-16)11-3-1-2-4-12(11)15(13)20/h1-8,16H,(H,19,21)/t16-/m0/s1. The number of amides is 1. The first-order valence-corrected chi connectivity index (χ1v) is 8.02. The summed E-state index contributed by atoms with van der Waals surface area (Å²) in [7, 11) is 0. The van der Waals surface area contributed by atoms with Crippen LogP contribution < -0.4 is 5.32 Å². The number of fused-ring (bicyclic) bond motifs is 2. The van der Waals surface area contributed by atoms with E-state index in [2.05, 4.69) is 5.32 Å². The lowest BCUT2D eigenvalue weighted by molar-refractivity contribution is 0.103. The van der Waals surface area contributed by atoms with Crippen molar-refractivity contribution in [3.63, 3.8) is 0 Å². The lowest BCUT2D eigenvalue weighted by Crippen LogP contribution is -2.25.